The SMILES string of the molecule is CC1OCCC1N(C)C(=O)c1cc([N+](=O)[O-])cnc1N. The minimum absolute atomic E-state index is 0.0148. The monoisotopic (exact) mass is 280 g/mol. The molecule has 2 heterocycles. The molecule has 1 aromatic heterocycles. The number of nitrogens with zero attached hydrogens (tertiary/aromatic N) is 3. The molecular weight excluding hydrogens is 264 g/mol. The lowest BCUT2D eigenvalue weighted by molar-refractivity contribution is -0.385. The van der Waals surface area contributed by atoms with Crippen LogP contribution in [0.5, 0.6) is 0 Å². The Balaban J connectivity index is 2.28. The standard InChI is InChI=1S/C12H16N4O4/c1-7-10(3-4-20-7)15(2)12(17)9-5-8(16(18)19)6-14-11(9)13/h5-7,10H,3-4H2,1-2H3,(H2,13,14). The lowest BCUT2D eigenvalue weighted by Crippen LogP contribution is -2.41. The fourth-order valence-electron chi connectivity index (χ4n) is 2.31. The molecule has 0 saturated carbocycles. The number of carbonyl (C=O) groups excluding carboxylic acids is 1. The van der Waals surface area contributed by atoms with E-state index >= 15 is 0 Å². The van der Waals surface area contributed by atoms with Crippen LogP contribution in [-0.2, 0) is 4.74 Å². The number of likely N-dealkylation sites (N-methyl/N-ethyl adjacent to an activating group) is 1. The van der Waals surface area contributed by atoms with Crippen molar-refractivity contribution in [2.24, 2.45) is 0 Å². The highest BCUT2D eigenvalue weighted by Crippen LogP contribution is 2.23. The van der Waals surface area contributed by atoms with Gasteiger partial charge in [-0.05, 0) is 13.3 Å². The van der Waals surface area contributed by atoms with Crippen molar-refractivity contribution in [2.45, 2.75) is 25.5 Å². The molecule has 0 aliphatic carbocycles. The van der Waals surface area contributed by atoms with Crippen molar-refractivity contribution >= 4 is 17.4 Å². The van der Waals surface area contributed by atoms with E-state index in [1.54, 1.807) is 7.05 Å². The van der Waals surface area contributed by atoms with Gasteiger partial charge in [-0.3, -0.25) is 14.9 Å². The van der Waals surface area contributed by atoms with Crippen LogP contribution in [0.2, 0.25) is 0 Å². The number of amides is 1. The molecule has 0 aromatic carbocycles. The van der Waals surface area contributed by atoms with E-state index in [1.807, 2.05) is 6.92 Å². The van der Waals surface area contributed by atoms with Crippen molar-refractivity contribution in [1.29, 1.82) is 0 Å². The van der Waals surface area contributed by atoms with Crippen molar-refractivity contribution in [3.8, 4) is 0 Å². The molecule has 2 rings (SSSR count). The Hall–Kier alpha value is -2.22. The molecular formula is C12H16N4O4. The van der Waals surface area contributed by atoms with Gasteiger partial charge < -0.3 is 15.4 Å². The van der Waals surface area contributed by atoms with Gasteiger partial charge in [-0.1, -0.05) is 0 Å². The van der Waals surface area contributed by atoms with Crippen LogP contribution < -0.4 is 5.73 Å². The Morgan fingerprint density at radius 1 is 1.65 bits per heavy atom. The maximum Gasteiger partial charge on any atom is 0.288 e. The van der Waals surface area contributed by atoms with Gasteiger partial charge in [0.25, 0.3) is 11.6 Å². The summed E-state index contributed by atoms with van der Waals surface area (Å²) in [4.78, 5) is 27.8. The summed E-state index contributed by atoms with van der Waals surface area (Å²) >= 11 is 0. The minimum Gasteiger partial charge on any atom is -0.383 e. The molecule has 8 heteroatoms. The highest BCUT2D eigenvalue weighted by molar-refractivity contribution is 5.99. The molecule has 2 unspecified atom stereocenters. The number of nitrogen functional groups attached to an aromatic ring is 1. The molecule has 0 radical (unpaired) electrons. The number of aromatic nitrogens is 1. The Morgan fingerprint density at radius 3 is 2.90 bits per heavy atom. The van der Waals surface area contributed by atoms with E-state index in [9.17, 15) is 14.9 Å². The van der Waals surface area contributed by atoms with Crippen LogP contribution in [0.1, 0.15) is 23.7 Å². The van der Waals surface area contributed by atoms with Gasteiger partial charge in [0.15, 0.2) is 0 Å². The predicted octanol–water partition coefficient (Wildman–Crippen LogP) is 0.821. The van der Waals surface area contributed by atoms with Crippen LogP contribution in [0, 0.1) is 10.1 Å². The van der Waals surface area contributed by atoms with Crippen molar-refractivity contribution in [2.75, 3.05) is 19.4 Å². The Kier molecular flexibility index (Phi) is 3.84. The first-order valence-electron chi connectivity index (χ1n) is 6.20. The molecule has 1 aliphatic heterocycles. The molecule has 2 atom stereocenters. The van der Waals surface area contributed by atoms with E-state index in [2.05, 4.69) is 4.98 Å². The highest BCUT2D eigenvalue weighted by atomic mass is 16.6. The van der Waals surface area contributed by atoms with Crippen LogP contribution in [0.4, 0.5) is 11.5 Å². The first-order valence-corrected chi connectivity index (χ1v) is 6.20. The minimum atomic E-state index is -0.607. The zero-order valence-corrected chi connectivity index (χ0v) is 11.3. The van der Waals surface area contributed by atoms with E-state index in [-0.39, 0.29) is 35.1 Å². The molecule has 108 valence electrons. The van der Waals surface area contributed by atoms with Crippen molar-refractivity contribution in [1.82, 2.24) is 9.88 Å². The van der Waals surface area contributed by atoms with Gasteiger partial charge in [0.05, 0.1) is 22.6 Å². The largest absolute Gasteiger partial charge is 0.383 e. The molecule has 8 nitrogen and oxygen atoms in total. The van der Waals surface area contributed by atoms with Gasteiger partial charge in [-0.25, -0.2) is 4.98 Å². The number of pyridine rings is 1. The number of hydrogen-bond donors (Lipinski definition) is 1. The normalized spacial score (nSPS) is 21.7. The lowest BCUT2D eigenvalue weighted by atomic mass is 10.1. The summed E-state index contributed by atoms with van der Waals surface area (Å²) in [5, 5.41) is 10.7. The maximum absolute atomic E-state index is 12.4. The summed E-state index contributed by atoms with van der Waals surface area (Å²) < 4.78 is 5.42. The fraction of sp³-hybridized carbons (Fsp3) is 0.500. The predicted molar refractivity (Wildman–Crippen MR) is 71.2 cm³/mol. The second-order valence-electron chi connectivity index (χ2n) is 4.73. The number of nitrogens with two attached hydrogens (primary N) is 1. The average Bonchev–Trinajstić information content (AvgIpc) is 2.83. The molecule has 1 aliphatic rings. The Bertz CT molecular complexity index is 548. The lowest BCUT2D eigenvalue weighted by Gasteiger charge is -2.26. The zero-order chi connectivity index (χ0) is 14.9. The first-order chi connectivity index (χ1) is 9.41. The van der Waals surface area contributed by atoms with E-state index in [4.69, 9.17) is 10.5 Å². The van der Waals surface area contributed by atoms with Crippen LogP contribution in [0.3, 0.4) is 0 Å². The van der Waals surface area contributed by atoms with Crippen molar-refractivity contribution in [3.05, 3.63) is 27.9 Å². The van der Waals surface area contributed by atoms with E-state index in [1.165, 1.54) is 4.90 Å². The molecule has 0 bridgehead atoms. The first kappa shape index (κ1) is 14.2. The molecule has 20 heavy (non-hydrogen) atoms. The quantitative estimate of drug-likeness (QED) is 0.648. The topological polar surface area (TPSA) is 112 Å². The van der Waals surface area contributed by atoms with E-state index < -0.39 is 4.92 Å². The third-order valence-electron chi connectivity index (χ3n) is 3.50. The average molecular weight is 280 g/mol. The van der Waals surface area contributed by atoms with Crippen LogP contribution in [-0.4, -0.2) is 46.5 Å². The zero-order valence-electron chi connectivity index (χ0n) is 11.3. The summed E-state index contributed by atoms with van der Waals surface area (Å²) in [6.45, 7) is 2.47. The molecule has 1 saturated heterocycles. The third kappa shape index (κ3) is 2.55. The van der Waals surface area contributed by atoms with Gasteiger partial charge in [-0.2, -0.15) is 0 Å². The van der Waals surface area contributed by atoms with Crippen LogP contribution >= 0.6 is 0 Å². The summed E-state index contributed by atoms with van der Waals surface area (Å²) in [6.07, 6.45) is 1.69. The van der Waals surface area contributed by atoms with Gasteiger partial charge in [0, 0.05) is 19.7 Å². The van der Waals surface area contributed by atoms with Crippen LogP contribution in [0.25, 0.3) is 0 Å². The smallest absolute Gasteiger partial charge is 0.288 e. The van der Waals surface area contributed by atoms with Gasteiger partial charge >= 0.3 is 0 Å². The Morgan fingerprint density at radius 2 is 2.35 bits per heavy atom. The number of nitro groups is 1. The summed E-state index contributed by atoms with van der Waals surface area (Å²) in [7, 11) is 1.64. The number of carbonyl (C=O) groups is 1. The van der Waals surface area contributed by atoms with Crippen LogP contribution in [0.15, 0.2) is 12.3 Å². The van der Waals surface area contributed by atoms with Crippen molar-refractivity contribution < 1.29 is 14.5 Å². The van der Waals surface area contributed by atoms with E-state index in [0.717, 1.165) is 18.7 Å². The second kappa shape index (κ2) is 5.41. The summed E-state index contributed by atoms with van der Waals surface area (Å²) in [5.41, 5.74) is 5.43. The van der Waals surface area contributed by atoms with Crippen molar-refractivity contribution in [3.63, 3.8) is 0 Å². The second-order valence-corrected chi connectivity index (χ2v) is 4.73. The molecule has 0 spiro atoms. The number of hydrogen-bond acceptors (Lipinski definition) is 6. The summed E-state index contributed by atoms with van der Waals surface area (Å²) in [6, 6.07) is 1.09. The molecule has 1 aromatic rings. The Labute approximate surface area is 115 Å². The molecule has 1 amide bonds. The van der Waals surface area contributed by atoms with Gasteiger partial charge in [0.2, 0.25) is 0 Å². The fourth-order valence-corrected chi connectivity index (χ4v) is 2.31. The van der Waals surface area contributed by atoms with E-state index in [0.29, 0.717) is 6.61 Å². The molecule has 1 fully saturated rings. The maximum atomic E-state index is 12.4. The molecule has 2 N–H and O–H groups in total. The number of ether oxygens (including phenoxy) is 1. The third-order valence-corrected chi connectivity index (χ3v) is 3.50. The highest BCUT2D eigenvalue weighted by Gasteiger charge is 2.32. The van der Waals surface area contributed by atoms with Gasteiger partial charge in [-0.15, -0.1) is 0 Å². The van der Waals surface area contributed by atoms with Gasteiger partial charge in [0.1, 0.15) is 12.0 Å². The number of anilines is 1. The number of rotatable bonds is 3. The summed E-state index contributed by atoms with van der Waals surface area (Å²) in [5.74, 6) is -0.403.